The molecule has 184 valence electrons. The molecule has 1 N–H and O–H groups in total. The van der Waals surface area contributed by atoms with Crippen molar-refractivity contribution in [3.63, 3.8) is 0 Å². The number of carbonyl (C=O) groups excluding carboxylic acids is 2. The molecule has 1 aliphatic rings. The number of carbonyl (C=O) groups is 2. The lowest BCUT2D eigenvalue weighted by molar-refractivity contribution is -0.133. The Labute approximate surface area is 209 Å². The third kappa shape index (κ3) is 4.04. The number of methoxy groups -OCH3 is 2. The minimum Gasteiger partial charge on any atom is -0.497 e. The topological polar surface area (TPSA) is 85.7 Å². The molecule has 0 aliphatic carbocycles. The number of imidazole rings is 1. The summed E-state index contributed by atoms with van der Waals surface area (Å²) in [7, 11) is 3.16. The van der Waals surface area contributed by atoms with Gasteiger partial charge in [-0.1, -0.05) is 42.5 Å². The Morgan fingerprint density at radius 3 is 2.53 bits per heavy atom. The fourth-order valence-electron chi connectivity index (χ4n) is 4.70. The summed E-state index contributed by atoms with van der Waals surface area (Å²) in [6.07, 6.45) is 0. The number of aromatic nitrogens is 2. The second kappa shape index (κ2) is 9.37. The highest BCUT2D eigenvalue weighted by Gasteiger charge is 2.48. The average molecular weight is 485 g/mol. The van der Waals surface area contributed by atoms with Gasteiger partial charge in [-0.05, 0) is 36.8 Å². The van der Waals surface area contributed by atoms with Crippen LogP contribution >= 0.6 is 0 Å². The summed E-state index contributed by atoms with van der Waals surface area (Å²) < 4.78 is 12.7. The van der Waals surface area contributed by atoms with Crippen molar-refractivity contribution in [3.05, 3.63) is 89.7 Å². The third-order valence-corrected chi connectivity index (χ3v) is 6.76. The lowest BCUT2D eigenvalue weighted by Gasteiger charge is -2.43. The van der Waals surface area contributed by atoms with Crippen LogP contribution in [0.25, 0.3) is 11.0 Å². The zero-order valence-electron chi connectivity index (χ0n) is 20.5. The predicted octanol–water partition coefficient (Wildman–Crippen LogP) is 3.78. The molecule has 0 radical (unpaired) electrons. The van der Waals surface area contributed by atoms with E-state index in [9.17, 15) is 9.59 Å². The maximum absolute atomic E-state index is 13.9. The van der Waals surface area contributed by atoms with Crippen LogP contribution in [0.1, 0.15) is 28.7 Å². The second-order valence-electron chi connectivity index (χ2n) is 9.02. The number of hydrogen-bond donors (Lipinski definition) is 1. The van der Waals surface area contributed by atoms with Crippen molar-refractivity contribution in [2.24, 2.45) is 0 Å². The molecule has 8 heteroatoms. The Morgan fingerprint density at radius 2 is 1.78 bits per heavy atom. The van der Waals surface area contributed by atoms with E-state index in [4.69, 9.17) is 9.47 Å². The van der Waals surface area contributed by atoms with E-state index in [0.29, 0.717) is 23.9 Å². The van der Waals surface area contributed by atoms with Gasteiger partial charge in [-0.3, -0.25) is 9.59 Å². The largest absolute Gasteiger partial charge is 0.497 e. The first-order valence-electron chi connectivity index (χ1n) is 11.7. The molecule has 4 aromatic rings. The summed E-state index contributed by atoms with van der Waals surface area (Å²) >= 11 is 0. The van der Waals surface area contributed by atoms with Crippen LogP contribution in [-0.2, 0) is 24.4 Å². The van der Waals surface area contributed by atoms with E-state index in [2.05, 4.69) is 10.3 Å². The van der Waals surface area contributed by atoms with Gasteiger partial charge < -0.3 is 24.3 Å². The minimum absolute atomic E-state index is 0.171. The van der Waals surface area contributed by atoms with E-state index in [-0.39, 0.29) is 24.9 Å². The normalized spacial score (nSPS) is 17.1. The lowest BCUT2D eigenvalue weighted by Crippen LogP contribution is -2.63. The summed E-state index contributed by atoms with van der Waals surface area (Å²) in [5.74, 6) is 0.985. The third-order valence-electron chi connectivity index (χ3n) is 6.76. The van der Waals surface area contributed by atoms with Gasteiger partial charge in [0, 0.05) is 18.2 Å². The van der Waals surface area contributed by atoms with Gasteiger partial charge in [0.05, 0.1) is 38.3 Å². The number of nitrogens with zero attached hydrogens (tertiary/aromatic N) is 3. The zero-order valence-corrected chi connectivity index (χ0v) is 20.5. The highest BCUT2D eigenvalue weighted by molar-refractivity contribution is 6.01. The highest BCUT2D eigenvalue weighted by atomic mass is 16.5. The summed E-state index contributed by atoms with van der Waals surface area (Å²) in [5, 5.41) is 3.05. The van der Waals surface area contributed by atoms with Crippen LogP contribution in [0.4, 0.5) is 0 Å². The van der Waals surface area contributed by atoms with Crippen molar-refractivity contribution < 1.29 is 19.1 Å². The van der Waals surface area contributed by atoms with Crippen molar-refractivity contribution in [1.29, 1.82) is 0 Å². The molecule has 5 rings (SSSR count). The Kier molecular flexibility index (Phi) is 6.10. The highest BCUT2D eigenvalue weighted by Crippen LogP contribution is 2.34. The van der Waals surface area contributed by atoms with Crippen molar-refractivity contribution >= 4 is 22.8 Å². The van der Waals surface area contributed by atoms with Crippen molar-refractivity contribution in [1.82, 2.24) is 19.8 Å². The van der Waals surface area contributed by atoms with E-state index in [0.717, 1.165) is 22.2 Å². The number of para-hydroxylation sites is 2. The molecule has 1 aromatic heterocycles. The molecule has 3 aromatic carbocycles. The van der Waals surface area contributed by atoms with Crippen LogP contribution in [0.3, 0.4) is 0 Å². The van der Waals surface area contributed by atoms with Crippen LogP contribution in [-0.4, -0.2) is 46.0 Å². The van der Waals surface area contributed by atoms with Gasteiger partial charge in [0.2, 0.25) is 5.91 Å². The number of amides is 2. The molecule has 8 nitrogen and oxygen atoms in total. The monoisotopic (exact) mass is 484 g/mol. The van der Waals surface area contributed by atoms with Crippen LogP contribution in [0, 0.1) is 0 Å². The van der Waals surface area contributed by atoms with E-state index in [1.807, 2.05) is 71.3 Å². The fraction of sp³-hybridized carbons (Fsp3) is 0.250. The SMILES string of the molecule is COc1ccc(CN2C(=O)c3nc4ccccc4n3CC2(C)C(=O)NCc2ccccc2)c(OC)c1. The molecule has 0 bridgehead atoms. The molecule has 2 amide bonds. The molecule has 1 aliphatic heterocycles. The Balaban J connectivity index is 1.55. The van der Waals surface area contributed by atoms with Gasteiger partial charge in [0.1, 0.15) is 17.0 Å². The summed E-state index contributed by atoms with van der Waals surface area (Å²) in [4.78, 5) is 33.9. The first-order chi connectivity index (χ1) is 17.4. The lowest BCUT2D eigenvalue weighted by atomic mass is 9.94. The minimum atomic E-state index is -1.17. The maximum atomic E-state index is 13.9. The summed E-state index contributed by atoms with van der Waals surface area (Å²) in [6.45, 7) is 2.61. The molecule has 0 saturated carbocycles. The van der Waals surface area contributed by atoms with Crippen molar-refractivity contribution in [2.45, 2.75) is 32.1 Å². The molecule has 36 heavy (non-hydrogen) atoms. The van der Waals surface area contributed by atoms with Gasteiger partial charge in [-0.25, -0.2) is 4.98 Å². The maximum Gasteiger partial charge on any atom is 0.291 e. The standard InChI is InChI=1S/C28H28N4O4/c1-28(27(34)29-16-19-9-5-4-6-10-19)18-31-23-12-8-7-11-22(23)30-25(31)26(33)32(28)17-20-13-14-21(35-2)15-24(20)36-3/h4-15H,16-18H2,1-3H3,(H,29,34). The number of nitrogens with one attached hydrogen (secondary N) is 1. The van der Waals surface area contributed by atoms with Crippen LogP contribution in [0.5, 0.6) is 11.5 Å². The van der Waals surface area contributed by atoms with Crippen LogP contribution in [0.2, 0.25) is 0 Å². The average Bonchev–Trinajstić information content (AvgIpc) is 3.28. The second-order valence-corrected chi connectivity index (χ2v) is 9.02. The quantitative estimate of drug-likeness (QED) is 0.432. The smallest absolute Gasteiger partial charge is 0.291 e. The first-order valence-corrected chi connectivity index (χ1v) is 11.7. The first kappa shape index (κ1) is 23.4. The Hall–Kier alpha value is -4.33. The van der Waals surface area contributed by atoms with Crippen molar-refractivity contribution in [3.8, 4) is 11.5 Å². The summed E-state index contributed by atoms with van der Waals surface area (Å²) in [6, 6.07) is 22.7. The van der Waals surface area contributed by atoms with Gasteiger partial charge in [-0.2, -0.15) is 0 Å². The van der Waals surface area contributed by atoms with E-state index >= 15 is 0 Å². The molecular formula is C28H28N4O4. The van der Waals surface area contributed by atoms with Crippen LogP contribution < -0.4 is 14.8 Å². The number of ether oxygens (including phenoxy) is 2. The van der Waals surface area contributed by atoms with E-state index in [1.165, 1.54) is 0 Å². The number of rotatable bonds is 7. The van der Waals surface area contributed by atoms with Crippen molar-refractivity contribution in [2.75, 3.05) is 14.2 Å². The zero-order chi connectivity index (χ0) is 25.3. The molecule has 0 saturated heterocycles. The van der Waals surface area contributed by atoms with Gasteiger partial charge in [0.25, 0.3) is 5.91 Å². The Morgan fingerprint density at radius 1 is 1.03 bits per heavy atom. The predicted molar refractivity (Wildman–Crippen MR) is 136 cm³/mol. The molecular weight excluding hydrogens is 456 g/mol. The molecule has 1 atom stereocenters. The number of benzene rings is 3. The van der Waals surface area contributed by atoms with E-state index < -0.39 is 5.54 Å². The summed E-state index contributed by atoms with van der Waals surface area (Å²) in [5.41, 5.74) is 2.11. The molecule has 1 unspecified atom stereocenters. The van der Waals surface area contributed by atoms with Gasteiger partial charge in [-0.15, -0.1) is 0 Å². The van der Waals surface area contributed by atoms with Gasteiger partial charge >= 0.3 is 0 Å². The van der Waals surface area contributed by atoms with E-state index in [1.54, 1.807) is 32.1 Å². The number of fused-ring (bicyclic) bond motifs is 3. The van der Waals surface area contributed by atoms with Gasteiger partial charge in [0.15, 0.2) is 5.82 Å². The van der Waals surface area contributed by atoms with Crippen LogP contribution in [0.15, 0.2) is 72.8 Å². The molecule has 2 heterocycles. The Bertz CT molecular complexity index is 1430. The molecule has 0 fully saturated rings. The fourth-order valence-corrected chi connectivity index (χ4v) is 4.70. The molecule has 0 spiro atoms. The number of hydrogen-bond acceptors (Lipinski definition) is 5.